The number of aromatic nitrogens is 4. The standard InChI is InChI=1S/C30H32N6O2/c1-37-16-17-38-26-7-9-29-28(19-26)33-21-36(29)30-10-5-22-18-25(6-8-27(22)34-30)35-14-11-23(12-15-35)32-20-24-4-2-3-13-31-24/h2-10,13,18-19,21,23,32H,11-12,14-17,20H2,1H3. The minimum atomic E-state index is 0.512. The summed E-state index contributed by atoms with van der Waals surface area (Å²) >= 11 is 0. The number of fused-ring (bicyclic) bond motifs is 2. The van der Waals surface area contributed by atoms with Gasteiger partial charge in [-0.05, 0) is 67.4 Å². The molecule has 1 aliphatic heterocycles. The van der Waals surface area contributed by atoms with Crippen molar-refractivity contribution in [2.24, 2.45) is 0 Å². The van der Waals surface area contributed by atoms with Crippen LogP contribution < -0.4 is 15.0 Å². The first-order valence-electron chi connectivity index (χ1n) is 13.1. The molecule has 2 aromatic carbocycles. The molecule has 1 saturated heterocycles. The SMILES string of the molecule is COCCOc1ccc2c(c1)ncn2-c1ccc2cc(N3CCC(NCc4ccccn4)CC3)ccc2n1. The predicted molar refractivity (Wildman–Crippen MR) is 150 cm³/mol. The highest BCUT2D eigenvalue weighted by Crippen LogP contribution is 2.27. The van der Waals surface area contributed by atoms with E-state index in [0.717, 1.165) is 71.7 Å². The number of piperidine rings is 1. The molecule has 8 heteroatoms. The fraction of sp³-hybridized carbons (Fsp3) is 0.300. The summed E-state index contributed by atoms with van der Waals surface area (Å²) in [6, 6.07) is 23.3. The predicted octanol–water partition coefficient (Wildman–Crippen LogP) is 4.75. The summed E-state index contributed by atoms with van der Waals surface area (Å²) in [4.78, 5) is 16.4. The zero-order valence-corrected chi connectivity index (χ0v) is 21.6. The number of ether oxygens (including phenoxy) is 2. The van der Waals surface area contributed by atoms with Crippen molar-refractivity contribution in [3.8, 4) is 11.6 Å². The zero-order chi connectivity index (χ0) is 25.7. The number of methoxy groups -OCH3 is 1. The van der Waals surface area contributed by atoms with E-state index in [1.807, 2.05) is 47.4 Å². The van der Waals surface area contributed by atoms with E-state index >= 15 is 0 Å². The Balaban J connectivity index is 1.12. The van der Waals surface area contributed by atoms with Crippen LogP contribution in [0.2, 0.25) is 0 Å². The lowest BCUT2D eigenvalue weighted by Gasteiger charge is -2.34. The van der Waals surface area contributed by atoms with Crippen LogP contribution >= 0.6 is 0 Å². The summed E-state index contributed by atoms with van der Waals surface area (Å²) in [6.45, 7) is 3.96. The summed E-state index contributed by atoms with van der Waals surface area (Å²) in [5.74, 6) is 1.63. The van der Waals surface area contributed by atoms with Gasteiger partial charge in [-0.25, -0.2) is 9.97 Å². The van der Waals surface area contributed by atoms with Gasteiger partial charge in [0.05, 0.1) is 28.9 Å². The molecule has 1 N–H and O–H groups in total. The maximum Gasteiger partial charge on any atom is 0.139 e. The minimum Gasteiger partial charge on any atom is -0.491 e. The van der Waals surface area contributed by atoms with E-state index in [4.69, 9.17) is 14.5 Å². The van der Waals surface area contributed by atoms with Crippen LogP contribution in [0.3, 0.4) is 0 Å². The lowest BCUT2D eigenvalue weighted by Crippen LogP contribution is -2.42. The van der Waals surface area contributed by atoms with Crippen molar-refractivity contribution >= 4 is 27.6 Å². The second-order valence-corrected chi connectivity index (χ2v) is 9.62. The molecule has 0 amide bonds. The molecule has 4 heterocycles. The average Bonchev–Trinajstić information content (AvgIpc) is 3.40. The third-order valence-corrected chi connectivity index (χ3v) is 7.14. The summed E-state index contributed by atoms with van der Waals surface area (Å²) in [5, 5.41) is 4.81. The molecule has 6 rings (SSSR count). The van der Waals surface area contributed by atoms with Crippen molar-refractivity contribution in [3.05, 3.63) is 84.9 Å². The molecule has 0 atom stereocenters. The molecule has 0 radical (unpaired) electrons. The highest BCUT2D eigenvalue weighted by atomic mass is 16.5. The van der Waals surface area contributed by atoms with Crippen molar-refractivity contribution < 1.29 is 9.47 Å². The average molecular weight is 509 g/mol. The number of rotatable bonds is 9. The Morgan fingerprint density at radius 2 is 1.84 bits per heavy atom. The molecular weight excluding hydrogens is 476 g/mol. The second-order valence-electron chi connectivity index (χ2n) is 9.62. The van der Waals surface area contributed by atoms with Gasteiger partial charge < -0.3 is 19.7 Å². The molecule has 3 aromatic heterocycles. The fourth-order valence-corrected chi connectivity index (χ4v) is 5.03. The number of nitrogens with one attached hydrogen (secondary N) is 1. The Morgan fingerprint density at radius 1 is 0.921 bits per heavy atom. The first-order valence-corrected chi connectivity index (χ1v) is 13.1. The maximum absolute atomic E-state index is 5.72. The van der Waals surface area contributed by atoms with Crippen molar-refractivity contribution in [2.75, 3.05) is 38.3 Å². The van der Waals surface area contributed by atoms with Crippen LogP contribution in [0.25, 0.3) is 27.8 Å². The van der Waals surface area contributed by atoms with E-state index in [-0.39, 0.29) is 0 Å². The van der Waals surface area contributed by atoms with Crippen molar-refractivity contribution in [2.45, 2.75) is 25.4 Å². The molecule has 0 aliphatic carbocycles. The molecule has 194 valence electrons. The number of hydrogen-bond acceptors (Lipinski definition) is 7. The Labute approximate surface area is 222 Å². The molecule has 5 aromatic rings. The Hall–Kier alpha value is -4.01. The third-order valence-electron chi connectivity index (χ3n) is 7.14. The summed E-state index contributed by atoms with van der Waals surface area (Å²) in [7, 11) is 1.67. The van der Waals surface area contributed by atoms with Gasteiger partial charge in [0.15, 0.2) is 0 Å². The van der Waals surface area contributed by atoms with Crippen molar-refractivity contribution in [1.29, 1.82) is 0 Å². The van der Waals surface area contributed by atoms with E-state index in [9.17, 15) is 0 Å². The molecule has 38 heavy (non-hydrogen) atoms. The third kappa shape index (κ3) is 5.32. The normalized spacial score (nSPS) is 14.4. The van der Waals surface area contributed by atoms with Gasteiger partial charge >= 0.3 is 0 Å². The van der Waals surface area contributed by atoms with Gasteiger partial charge in [-0.1, -0.05) is 6.07 Å². The number of nitrogens with zero attached hydrogens (tertiary/aromatic N) is 5. The van der Waals surface area contributed by atoms with Crippen LogP contribution in [-0.4, -0.2) is 59.0 Å². The minimum absolute atomic E-state index is 0.512. The Bertz CT molecular complexity index is 1510. The molecule has 8 nitrogen and oxygen atoms in total. The summed E-state index contributed by atoms with van der Waals surface area (Å²) < 4.78 is 12.8. The number of benzene rings is 2. The zero-order valence-electron chi connectivity index (χ0n) is 21.6. The lowest BCUT2D eigenvalue weighted by atomic mass is 10.0. The van der Waals surface area contributed by atoms with Gasteiger partial charge in [-0.3, -0.25) is 9.55 Å². The summed E-state index contributed by atoms with van der Waals surface area (Å²) in [5.41, 5.74) is 5.18. The van der Waals surface area contributed by atoms with Gasteiger partial charge in [0.2, 0.25) is 0 Å². The molecule has 0 saturated carbocycles. The van der Waals surface area contributed by atoms with Crippen molar-refractivity contribution in [1.82, 2.24) is 24.8 Å². The van der Waals surface area contributed by atoms with Crippen LogP contribution in [0.5, 0.6) is 5.75 Å². The Morgan fingerprint density at radius 3 is 2.68 bits per heavy atom. The van der Waals surface area contributed by atoms with Gasteiger partial charge in [0, 0.05) is 56.1 Å². The van der Waals surface area contributed by atoms with E-state index < -0.39 is 0 Å². The number of imidazole rings is 1. The second kappa shape index (κ2) is 11.2. The molecule has 1 fully saturated rings. The van der Waals surface area contributed by atoms with Crippen LogP contribution in [0.1, 0.15) is 18.5 Å². The van der Waals surface area contributed by atoms with E-state index in [1.165, 1.54) is 5.69 Å². The van der Waals surface area contributed by atoms with Gasteiger partial charge in [0.25, 0.3) is 0 Å². The highest BCUT2D eigenvalue weighted by Gasteiger charge is 2.19. The van der Waals surface area contributed by atoms with E-state index in [2.05, 4.69) is 56.6 Å². The first kappa shape index (κ1) is 24.3. The number of hydrogen-bond donors (Lipinski definition) is 1. The molecular formula is C30H32N6O2. The van der Waals surface area contributed by atoms with Gasteiger partial charge in [0.1, 0.15) is 24.5 Å². The summed E-state index contributed by atoms with van der Waals surface area (Å²) in [6.07, 6.45) is 5.91. The lowest BCUT2D eigenvalue weighted by molar-refractivity contribution is 0.146. The largest absolute Gasteiger partial charge is 0.491 e. The van der Waals surface area contributed by atoms with Crippen LogP contribution in [0, 0.1) is 0 Å². The van der Waals surface area contributed by atoms with Crippen LogP contribution in [0.4, 0.5) is 5.69 Å². The van der Waals surface area contributed by atoms with Crippen LogP contribution in [0.15, 0.2) is 79.3 Å². The monoisotopic (exact) mass is 508 g/mol. The Kier molecular flexibility index (Phi) is 7.15. The first-order chi connectivity index (χ1) is 18.8. The van der Waals surface area contributed by atoms with Crippen LogP contribution in [-0.2, 0) is 11.3 Å². The van der Waals surface area contributed by atoms with Crippen molar-refractivity contribution in [3.63, 3.8) is 0 Å². The maximum atomic E-state index is 5.72. The van der Waals surface area contributed by atoms with E-state index in [0.29, 0.717) is 19.3 Å². The fourth-order valence-electron chi connectivity index (χ4n) is 5.03. The van der Waals surface area contributed by atoms with Gasteiger partial charge in [-0.2, -0.15) is 0 Å². The highest BCUT2D eigenvalue weighted by molar-refractivity contribution is 5.84. The van der Waals surface area contributed by atoms with Gasteiger partial charge in [-0.15, -0.1) is 0 Å². The topological polar surface area (TPSA) is 77.3 Å². The molecule has 1 aliphatic rings. The number of anilines is 1. The molecule has 0 unspecified atom stereocenters. The molecule has 0 spiro atoms. The molecule has 0 bridgehead atoms. The number of pyridine rings is 2. The van der Waals surface area contributed by atoms with E-state index in [1.54, 1.807) is 7.11 Å². The quantitative estimate of drug-likeness (QED) is 0.288. The smallest absolute Gasteiger partial charge is 0.139 e.